The van der Waals surface area contributed by atoms with Crippen molar-refractivity contribution in [1.82, 2.24) is 15.1 Å². The largest absolute Gasteiger partial charge is 0.507 e. The van der Waals surface area contributed by atoms with Gasteiger partial charge in [0.2, 0.25) is 0 Å². The van der Waals surface area contributed by atoms with Crippen LogP contribution in [-0.4, -0.2) is 44.4 Å². The first-order valence-corrected chi connectivity index (χ1v) is 8.53. The summed E-state index contributed by atoms with van der Waals surface area (Å²) in [7, 11) is 0. The topological polar surface area (TPSA) is 89.5 Å². The minimum absolute atomic E-state index is 0.0831. The quantitative estimate of drug-likeness (QED) is 0.659. The monoisotopic (exact) mass is 369 g/mol. The maximum atomic E-state index is 12.8. The average Bonchev–Trinajstić information content (AvgIpc) is 3.16. The third-order valence-electron chi connectivity index (χ3n) is 4.53. The summed E-state index contributed by atoms with van der Waals surface area (Å²) in [6, 6.07) is 13.7. The minimum atomic E-state index is -0.447. The molecule has 0 fully saturated rings. The number of fused-ring (bicyclic) bond motifs is 1. The molecule has 0 spiro atoms. The number of rotatable bonds is 4. The van der Waals surface area contributed by atoms with Crippen LogP contribution in [0.3, 0.4) is 0 Å². The number of phenols is 1. The first-order chi connectivity index (χ1) is 12.6. The van der Waals surface area contributed by atoms with Crippen LogP contribution in [0.2, 0.25) is 5.02 Å². The van der Waals surface area contributed by atoms with Gasteiger partial charge in [0.15, 0.2) is 0 Å². The molecule has 2 heterocycles. The first kappa shape index (κ1) is 16.6. The maximum Gasteiger partial charge on any atom is 0.273 e. The summed E-state index contributed by atoms with van der Waals surface area (Å²) in [5.41, 5.74) is 2.90. The van der Waals surface area contributed by atoms with Crippen molar-refractivity contribution < 1.29 is 15.0 Å². The molecule has 26 heavy (non-hydrogen) atoms. The zero-order valence-corrected chi connectivity index (χ0v) is 14.4. The molecule has 0 bridgehead atoms. The highest BCUT2D eigenvalue weighted by molar-refractivity contribution is 6.30. The molecule has 4 rings (SSSR count). The van der Waals surface area contributed by atoms with Crippen molar-refractivity contribution in [2.75, 3.05) is 13.2 Å². The number of para-hydroxylation sites is 1. The van der Waals surface area contributed by atoms with Gasteiger partial charge >= 0.3 is 0 Å². The van der Waals surface area contributed by atoms with Gasteiger partial charge in [-0.05, 0) is 29.8 Å². The molecular formula is C19H16ClN3O3. The number of benzene rings is 2. The van der Waals surface area contributed by atoms with E-state index in [2.05, 4.69) is 10.2 Å². The number of carbonyl (C=O) groups excluding carboxylic acids is 1. The zero-order chi connectivity index (χ0) is 18.3. The molecule has 3 N–H and O–H groups in total. The zero-order valence-electron chi connectivity index (χ0n) is 13.7. The van der Waals surface area contributed by atoms with Crippen LogP contribution in [0.4, 0.5) is 0 Å². The van der Waals surface area contributed by atoms with E-state index in [9.17, 15) is 15.0 Å². The van der Waals surface area contributed by atoms with Crippen molar-refractivity contribution >= 4 is 17.5 Å². The van der Waals surface area contributed by atoms with Gasteiger partial charge in [0.05, 0.1) is 12.6 Å². The molecule has 0 saturated carbocycles. The smallest absolute Gasteiger partial charge is 0.273 e. The molecule has 0 unspecified atom stereocenters. The number of aliphatic hydroxyl groups is 1. The van der Waals surface area contributed by atoms with E-state index in [4.69, 9.17) is 11.6 Å². The Bertz CT molecular complexity index is 986. The molecule has 2 aromatic carbocycles. The Morgan fingerprint density at radius 2 is 2.00 bits per heavy atom. The number of hydrogen-bond donors (Lipinski definition) is 3. The van der Waals surface area contributed by atoms with E-state index in [1.165, 1.54) is 0 Å². The molecule has 3 aromatic rings. The summed E-state index contributed by atoms with van der Waals surface area (Å²) in [5.74, 6) is -0.159. The minimum Gasteiger partial charge on any atom is -0.507 e. The van der Waals surface area contributed by atoms with Crippen LogP contribution in [0, 0.1) is 0 Å². The summed E-state index contributed by atoms with van der Waals surface area (Å²) < 4.78 is 0. The van der Waals surface area contributed by atoms with Crippen LogP contribution in [0.15, 0.2) is 48.5 Å². The second-order valence-corrected chi connectivity index (χ2v) is 6.49. The lowest BCUT2D eigenvalue weighted by molar-refractivity contribution is 0.0706. The second kappa shape index (κ2) is 6.48. The van der Waals surface area contributed by atoms with E-state index in [1.54, 1.807) is 41.3 Å². The lowest BCUT2D eigenvalue weighted by Crippen LogP contribution is -2.32. The standard InChI is InChI=1S/C19H16ClN3O3/c20-12-5-3-4-11(10-12)18-15-16(13-6-1-2-7-14(13)25)21-22-17(15)19(26)23(18)8-9-24/h1-7,10,18,24-25H,8-9H2,(H,21,22)/t18-/m1/s1. The molecule has 132 valence electrons. The van der Waals surface area contributed by atoms with Gasteiger partial charge in [0.1, 0.15) is 17.1 Å². The van der Waals surface area contributed by atoms with Crippen LogP contribution in [0.1, 0.15) is 27.7 Å². The normalized spacial score (nSPS) is 16.2. The highest BCUT2D eigenvalue weighted by atomic mass is 35.5. The first-order valence-electron chi connectivity index (χ1n) is 8.15. The number of β-amino-alcohol motifs (C(OH)–C–C–N with tert-alkyl or cyclic N) is 1. The lowest BCUT2D eigenvalue weighted by atomic mass is 9.96. The van der Waals surface area contributed by atoms with Gasteiger partial charge in [-0.2, -0.15) is 5.10 Å². The average molecular weight is 370 g/mol. The summed E-state index contributed by atoms with van der Waals surface area (Å²) in [6.45, 7) is 0.0190. The molecule has 0 aliphatic carbocycles. The van der Waals surface area contributed by atoms with Crippen molar-refractivity contribution in [3.8, 4) is 17.0 Å². The Balaban J connectivity index is 1.93. The molecule has 0 radical (unpaired) electrons. The van der Waals surface area contributed by atoms with E-state index in [1.807, 2.05) is 12.1 Å². The van der Waals surface area contributed by atoms with E-state index in [0.717, 1.165) is 5.56 Å². The second-order valence-electron chi connectivity index (χ2n) is 6.06. The third-order valence-corrected chi connectivity index (χ3v) is 4.76. The molecule has 1 aliphatic rings. The van der Waals surface area contributed by atoms with Gasteiger partial charge in [0, 0.05) is 22.7 Å². The van der Waals surface area contributed by atoms with Crippen LogP contribution in [0.25, 0.3) is 11.3 Å². The Labute approximate surface area is 154 Å². The van der Waals surface area contributed by atoms with Crippen LogP contribution in [-0.2, 0) is 0 Å². The van der Waals surface area contributed by atoms with Crippen LogP contribution >= 0.6 is 11.6 Å². The van der Waals surface area contributed by atoms with E-state index >= 15 is 0 Å². The van der Waals surface area contributed by atoms with E-state index < -0.39 is 6.04 Å². The fourth-order valence-electron chi connectivity index (χ4n) is 3.44. The van der Waals surface area contributed by atoms with Crippen molar-refractivity contribution in [2.45, 2.75) is 6.04 Å². The number of nitrogens with one attached hydrogen (secondary N) is 1. The third kappa shape index (κ3) is 2.55. The predicted molar refractivity (Wildman–Crippen MR) is 97.1 cm³/mol. The molecule has 7 heteroatoms. The molecular weight excluding hydrogens is 354 g/mol. The van der Waals surface area contributed by atoms with Gasteiger partial charge < -0.3 is 15.1 Å². The van der Waals surface area contributed by atoms with Crippen molar-refractivity contribution in [3.63, 3.8) is 0 Å². The molecule has 1 aliphatic heterocycles. The fourth-order valence-corrected chi connectivity index (χ4v) is 3.64. The van der Waals surface area contributed by atoms with Crippen molar-refractivity contribution in [1.29, 1.82) is 0 Å². The molecule has 6 nitrogen and oxygen atoms in total. The SMILES string of the molecule is O=C1c2[nH]nc(-c3ccccc3O)c2[C@@H](c2cccc(Cl)c2)N1CCO. The highest BCUT2D eigenvalue weighted by Crippen LogP contribution is 2.44. The lowest BCUT2D eigenvalue weighted by Gasteiger charge is -2.25. The summed E-state index contributed by atoms with van der Waals surface area (Å²) >= 11 is 6.15. The molecule has 1 aromatic heterocycles. The Morgan fingerprint density at radius 1 is 1.19 bits per heavy atom. The molecule has 1 atom stereocenters. The summed E-state index contributed by atoms with van der Waals surface area (Å²) in [4.78, 5) is 14.4. The van der Waals surface area contributed by atoms with E-state index in [0.29, 0.717) is 27.5 Å². The van der Waals surface area contributed by atoms with Gasteiger partial charge in [-0.15, -0.1) is 0 Å². The predicted octanol–water partition coefficient (Wildman–Crippen LogP) is 2.97. The number of aromatic nitrogens is 2. The number of aromatic amines is 1. The number of nitrogens with zero attached hydrogens (tertiary/aromatic N) is 2. The van der Waals surface area contributed by atoms with Gasteiger partial charge in [-0.3, -0.25) is 9.89 Å². The molecule has 0 saturated heterocycles. The Morgan fingerprint density at radius 3 is 2.73 bits per heavy atom. The van der Waals surface area contributed by atoms with Gasteiger partial charge in [-0.25, -0.2) is 0 Å². The number of H-pyrrole nitrogens is 1. The van der Waals surface area contributed by atoms with E-state index in [-0.39, 0.29) is 24.8 Å². The van der Waals surface area contributed by atoms with Crippen LogP contribution < -0.4 is 0 Å². The maximum absolute atomic E-state index is 12.8. The number of hydrogen-bond acceptors (Lipinski definition) is 4. The number of aromatic hydroxyl groups is 1. The number of phenolic OH excluding ortho intramolecular Hbond substituents is 1. The Kier molecular flexibility index (Phi) is 4.14. The number of halogens is 1. The fraction of sp³-hybridized carbons (Fsp3) is 0.158. The van der Waals surface area contributed by atoms with Gasteiger partial charge in [0.25, 0.3) is 5.91 Å². The number of aliphatic hydroxyl groups excluding tert-OH is 1. The number of carbonyl (C=O) groups is 1. The van der Waals surface area contributed by atoms with Crippen molar-refractivity contribution in [2.24, 2.45) is 0 Å². The molecule has 1 amide bonds. The Hall–Kier alpha value is -2.83. The number of amides is 1. The van der Waals surface area contributed by atoms with Gasteiger partial charge in [-0.1, -0.05) is 35.9 Å². The highest BCUT2D eigenvalue weighted by Gasteiger charge is 2.42. The van der Waals surface area contributed by atoms with Crippen molar-refractivity contribution in [3.05, 3.63) is 70.4 Å². The van der Waals surface area contributed by atoms with Crippen LogP contribution in [0.5, 0.6) is 5.75 Å². The summed E-state index contributed by atoms with van der Waals surface area (Å²) in [5, 5.41) is 27.3. The summed E-state index contributed by atoms with van der Waals surface area (Å²) in [6.07, 6.45) is 0.